The lowest BCUT2D eigenvalue weighted by molar-refractivity contribution is -0.136. The third-order valence-electron chi connectivity index (χ3n) is 4.45. The van der Waals surface area contributed by atoms with Crippen LogP contribution in [0, 0.1) is 5.92 Å². The molecular weight excluding hydrogens is 256 g/mol. The molecule has 0 aromatic heterocycles. The quantitative estimate of drug-likeness (QED) is 0.580. The van der Waals surface area contributed by atoms with E-state index in [1.807, 2.05) is 6.08 Å². The lowest BCUT2D eigenvalue weighted by atomic mass is 9.90. The van der Waals surface area contributed by atoms with Gasteiger partial charge < -0.3 is 9.16 Å². The van der Waals surface area contributed by atoms with Gasteiger partial charge in [0.2, 0.25) is 0 Å². The highest BCUT2D eigenvalue weighted by Gasteiger charge is 2.37. The van der Waals surface area contributed by atoms with Crippen LogP contribution in [0.4, 0.5) is 0 Å². The van der Waals surface area contributed by atoms with Crippen LogP contribution in [0.25, 0.3) is 0 Å². The summed E-state index contributed by atoms with van der Waals surface area (Å²) >= 11 is 0. The number of allylic oxidation sites excluding steroid dienone is 1. The summed E-state index contributed by atoms with van der Waals surface area (Å²) in [5, 5.41) is 0.259. The van der Waals surface area contributed by atoms with Crippen LogP contribution in [0.1, 0.15) is 40.0 Å². The number of methoxy groups -OCH3 is 1. The monoisotopic (exact) mass is 284 g/mol. The van der Waals surface area contributed by atoms with Gasteiger partial charge in [0, 0.05) is 12.2 Å². The van der Waals surface area contributed by atoms with Crippen LogP contribution in [0.5, 0.6) is 0 Å². The first-order valence-corrected chi connectivity index (χ1v) is 9.99. The molecule has 1 aliphatic carbocycles. The molecule has 0 heterocycles. The van der Waals surface area contributed by atoms with Crippen molar-refractivity contribution in [1.29, 1.82) is 0 Å². The minimum Gasteiger partial charge on any atom is -0.466 e. The van der Waals surface area contributed by atoms with Crippen molar-refractivity contribution in [3.63, 3.8) is 0 Å². The summed E-state index contributed by atoms with van der Waals surface area (Å²) < 4.78 is 11.0. The van der Waals surface area contributed by atoms with Crippen molar-refractivity contribution in [1.82, 2.24) is 0 Å². The Bertz CT molecular complexity index is 353. The van der Waals surface area contributed by atoms with Crippen LogP contribution in [0.3, 0.4) is 0 Å². The molecule has 4 heteroatoms. The summed E-state index contributed by atoms with van der Waals surface area (Å²) in [5.74, 6) is 0.367. The Morgan fingerprint density at radius 3 is 2.47 bits per heavy atom. The van der Waals surface area contributed by atoms with E-state index in [4.69, 9.17) is 9.16 Å². The lowest BCUT2D eigenvalue weighted by Gasteiger charge is -2.37. The summed E-state index contributed by atoms with van der Waals surface area (Å²) in [6, 6.07) is 0. The SMILES string of the molecule is COC(=O)C1=CCC(CO[Si](C)(C)C(C)(C)C)CC1. The molecule has 0 bridgehead atoms. The number of rotatable bonds is 4. The Morgan fingerprint density at radius 2 is 2.05 bits per heavy atom. The fraction of sp³-hybridized carbons (Fsp3) is 0.800. The number of carbonyl (C=O) groups excluding carboxylic acids is 1. The molecule has 0 aromatic carbocycles. The summed E-state index contributed by atoms with van der Waals surface area (Å²) in [7, 11) is -0.207. The van der Waals surface area contributed by atoms with Crippen molar-refractivity contribution in [3.05, 3.63) is 11.6 Å². The van der Waals surface area contributed by atoms with Gasteiger partial charge in [-0.1, -0.05) is 26.8 Å². The van der Waals surface area contributed by atoms with Crippen molar-refractivity contribution < 1.29 is 14.0 Å². The molecule has 1 atom stereocenters. The van der Waals surface area contributed by atoms with Gasteiger partial charge in [-0.05, 0) is 43.3 Å². The molecule has 0 spiro atoms. The fourth-order valence-corrected chi connectivity index (χ4v) is 2.98. The van der Waals surface area contributed by atoms with Gasteiger partial charge in [0.25, 0.3) is 0 Å². The van der Waals surface area contributed by atoms with E-state index in [0.717, 1.165) is 31.4 Å². The molecule has 3 nitrogen and oxygen atoms in total. The Kier molecular flexibility index (Phi) is 5.39. The van der Waals surface area contributed by atoms with E-state index in [1.54, 1.807) is 0 Å². The molecule has 19 heavy (non-hydrogen) atoms. The maximum absolute atomic E-state index is 11.4. The summed E-state index contributed by atoms with van der Waals surface area (Å²) in [6.07, 6.45) is 4.79. The largest absolute Gasteiger partial charge is 0.466 e. The van der Waals surface area contributed by atoms with Crippen LogP contribution < -0.4 is 0 Å². The zero-order chi connectivity index (χ0) is 14.7. The average Bonchev–Trinajstić information content (AvgIpc) is 2.35. The molecule has 0 amide bonds. The molecule has 0 radical (unpaired) electrons. The molecule has 0 aromatic rings. The minimum atomic E-state index is -1.65. The molecule has 0 aliphatic heterocycles. The Labute approximate surface area is 118 Å². The van der Waals surface area contributed by atoms with Gasteiger partial charge in [-0.3, -0.25) is 0 Å². The number of esters is 1. The minimum absolute atomic E-state index is 0.177. The second-order valence-corrected chi connectivity index (χ2v) is 11.7. The molecule has 0 fully saturated rings. The number of hydrogen-bond donors (Lipinski definition) is 0. The van der Waals surface area contributed by atoms with Gasteiger partial charge in [0.05, 0.1) is 7.11 Å². The van der Waals surface area contributed by atoms with E-state index >= 15 is 0 Å². The van der Waals surface area contributed by atoms with E-state index in [1.165, 1.54) is 7.11 Å². The highest BCUT2D eigenvalue weighted by atomic mass is 28.4. The molecule has 1 rings (SSSR count). The van der Waals surface area contributed by atoms with Crippen LogP contribution in [-0.2, 0) is 14.0 Å². The maximum atomic E-state index is 11.4. The second-order valence-electron chi connectivity index (χ2n) is 6.93. The Balaban J connectivity index is 2.46. The predicted octanol–water partition coefficient (Wildman–Crippen LogP) is 3.91. The summed E-state index contributed by atoms with van der Waals surface area (Å²) in [4.78, 5) is 11.4. The standard InChI is InChI=1S/C15H28O3Si/c1-15(2,3)19(5,6)18-11-12-7-9-13(10-8-12)14(16)17-4/h9,12H,7-8,10-11H2,1-6H3. The van der Waals surface area contributed by atoms with E-state index in [2.05, 4.69) is 33.9 Å². The van der Waals surface area contributed by atoms with Crippen molar-refractivity contribution in [2.75, 3.05) is 13.7 Å². The van der Waals surface area contributed by atoms with Crippen LogP contribution in [0.2, 0.25) is 18.1 Å². The predicted molar refractivity (Wildman–Crippen MR) is 80.6 cm³/mol. The fourth-order valence-electron chi connectivity index (χ4n) is 1.90. The van der Waals surface area contributed by atoms with Crippen molar-refractivity contribution in [3.8, 4) is 0 Å². The van der Waals surface area contributed by atoms with Gasteiger partial charge in [-0.15, -0.1) is 0 Å². The summed E-state index contributed by atoms with van der Waals surface area (Å²) in [5.41, 5.74) is 0.825. The third-order valence-corrected chi connectivity index (χ3v) is 8.95. The Hall–Kier alpha value is -0.613. The number of hydrogen-bond acceptors (Lipinski definition) is 3. The molecule has 0 saturated carbocycles. The van der Waals surface area contributed by atoms with Crippen molar-refractivity contribution >= 4 is 14.3 Å². The normalized spacial score (nSPS) is 20.9. The topological polar surface area (TPSA) is 35.5 Å². The highest BCUT2D eigenvalue weighted by Crippen LogP contribution is 2.37. The number of ether oxygens (including phenoxy) is 1. The number of carbonyl (C=O) groups is 1. The first-order chi connectivity index (χ1) is 8.67. The zero-order valence-electron chi connectivity index (χ0n) is 13.2. The van der Waals surface area contributed by atoms with Gasteiger partial charge in [0.15, 0.2) is 8.32 Å². The van der Waals surface area contributed by atoms with E-state index in [9.17, 15) is 4.79 Å². The molecule has 110 valence electrons. The van der Waals surface area contributed by atoms with Crippen molar-refractivity contribution in [2.45, 2.75) is 58.2 Å². The van der Waals surface area contributed by atoms with E-state index < -0.39 is 8.32 Å². The van der Waals surface area contributed by atoms with E-state index in [-0.39, 0.29) is 11.0 Å². The smallest absolute Gasteiger partial charge is 0.333 e. The van der Waals surface area contributed by atoms with Gasteiger partial charge in [-0.25, -0.2) is 4.79 Å². The van der Waals surface area contributed by atoms with Crippen LogP contribution >= 0.6 is 0 Å². The average molecular weight is 284 g/mol. The van der Waals surface area contributed by atoms with Crippen LogP contribution in [0.15, 0.2) is 11.6 Å². The second kappa shape index (κ2) is 6.22. The highest BCUT2D eigenvalue weighted by molar-refractivity contribution is 6.74. The maximum Gasteiger partial charge on any atom is 0.333 e. The summed E-state index contributed by atoms with van der Waals surface area (Å²) in [6.45, 7) is 12.2. The van der Waals surface area contributed by atoms with Gasteiger partial charge in [0.1, 0.15) is 0 Å². The van der Waals surface area contributed by atoms with E-state index in [0.29, 0.717) is 5.92 Å². The Morgan fingerprint density at radius 1 is 1.42 bits per heavy atom. The first-order valence-electron chi connectivity index (χ1n) is 7.08. The lowest BCUT2D eigenvalue weighted by Crippen LogP contribution is -2.42. The van der Waals surface area contributed by atoms with Gasteiger partial charge in [-0.2, -0.15) is 0 Å². The molecule has 1 aliphatic rings. The molecular formula is C15H28O3Si. The first kappa shape index (κ1) is 16.4. The third kappa shape index (κ3) is 4.46. The van der Waals surface area contributed by atoms with Gasteiger partial charge >= 0.3 is 5.97 Å². The molecule has 0 N–H and O–H groups in total. The van der Waals surface area contributed by atoms with Crippen LogP contribution in [-0.4, -0.2) is 28.0 Å². The zero-order valence-corrected chi connectivity index (χ0v) is 14.2. The van der Waals surface area contributed by atoms with Crippen molar-refractivity contribution in [2.24, 2.45) is 5.92 Å². The molecule has 1 unspecified atom stereocenters. The molecule has 0 saturated heterocycles.